The minimum absolute atomic E-state index is 0.0273. The van der Waals surface area contributed by atoms with Crippen molar-refractivity contribution >= 4 is 16.8 Å². The molecule has 19 heavy (non-hydrogen) atoms. The number of aliphatic hydroxyl groups excluding tert-OH is 1. The molecule has 4 nitrogen and oxygen atoms in total. The molecule has 4 heteroatoms. The van der Waals surface area contributed by atoms with Crippen LogP contribution in [0.1, 0.15) is 28.9 Å². The molecule has 2 aromatic rings. The molecule has 1 saturated heterocycles. The van der Waals surface area contributed by atoms with E-state index in [1.54, 1.807) is 0 Å². The van der Waals surface area contributed by atoms with Gasteiger partial charge in [-0.2, -0.15) is 0 Å². The van der Waals surface area contributed by atoms with Crippen LogP contribution in [0.15, 0.2) is 24.3 Å². The van der Waals surface area contributed by atoms with E-state index in [0.29, 0.717) is 0 Å². The number of aromatic amines is 1. The lowest BCUT2D eigenvalue weighted by Gasteiger charge is -2.23. The Bertz CT molecular complexity index is 618. The number of nitrogens with one attached hydrogen (secondary N) is 1. The first kappa shape index (κ1) is 12.2. The van der Waals surface area contributed by atoms with E-state index in [0.717, 1.165) is 41.5 Å². The number of rotatable bonds is 2. The highest BCUT2D eigenvalue weighted by Gasteiger charge is 2.30. The molecule has 1 aromatic carbocycles. The van der Waals surface area contributed by atoms with Gasteiger partial charge in [-0.05, 0) is 25.8 Å². The van der Waals surface area contributed by atoms with Crippen LogP contribution in [-0.2, 0) is 0 Å². The molecule has 1 aliphatic rings. The van der Waals surface area contributed by atoms with Gasteiger partial charge < -0.3 is 15.0 Å². The predicted molar refractivity (Wildman–Crippen MR) is 74.2 cm³/mol. The Morgan fingerprint density at radius 1 is 1.47 bits per heavy atom. The lowest BCUT2D eigenvalue weighted by Crippen LogP contribution is -2.37. The van der Waals surface area contributed by atoms with Crippen molar-refractivity contribution in [1.29, 1.82) is 0 Å². The fraction of sp³-hybridized carbons (Fsp3) is 0.400. The molecule has 1 atom stereocenters. The summed E-state index contributed by atoms with van der Waals surface area (Å²) in [7, 11) is 0. The average molecular weight is 258 g/mol. The number of hydrogen-bond donors (Lipinski definition) is 2. The van der Waals surface area contributed by atoms with Gasteiger partial charge in [-0.25, -0.2) is 0 Å². The number of nitrogens with zero attached hydrogens (tertiary/aromatic N) is 1. The molecule has 0 radical (unpaired) electrons. The molecule has 0 spiro atoms. The quantitative estimate of drug-likeness (QED) is 0.866. The van der Waals surface area contributed by atoms with Gasteiger partial charge in [0.25, 0.3) is 5.91 Å². The second-order valence-electron chi connectivity index (χ2n) is 5.15. The molecular weight excluding hydrogens is 240 g/mol. The maximum Gasteiger partial charge on any atom is 0.256 e. The molecule has 1 aromatic heterocycles. The predicted octanol–water partition coefficient (Wildman–Crippen LogP) is 2.07. The number of carbonyl (C=O) groups excluding carboxylic acids is 1. The number of aromatic nitrogens is 1. The van der Waals surface area contributed by atoms with Crippen LogP contribution < -0.4 is 0 Å². The van der Waals surface area contributed by atoms with Gasteiger partial charge in [0.15, 0.2) is 0 Å². The van der Waals surface area contributed by atoms with E-state index in [4.69, 9.17) is 0 Å². The van der Waals surface area contributed by atoms with Crippen LogP contribution in [0, 0.1) is 6.92 Å². The van der Waals surface area contributed by atoms with Crippen molar-refractivity contribution in [2.75, 3.05) is 13.2 Å². The first-order valence-corrected chi connectivity index (χ1v) is 6.71. The normalized spacial score (nSPS) is 19.3. The number of para-hydroxylation sites is 1. The van der Waals surface area contributed by atoms with Crippen LogP contribution in [0.2, 0.25) is 0 Å². The highest BCUT2D eigenvalue weighted by Crippen LogP contribution is 2.26. The third-order valence-corrected chi connectivity index (χ3v) is 3.96. The zero-order chi connectivity index (χ0) is 13.4. The van der Waals surface area contributed by atoms with Crippen LogP contribution in [0.4, 0.5) is 0 Å². The number of hydrogen-bond acceptors (Lipinski definition) is 2. The third-order valence-electron chi connectivity index (χ3n) is 3.96. The van der Waals surface area contributed by atoms with E-state index < -0.39 is 0 Å². The molecule has 100 valence electrons. The Morgan fingerprint density at radius 3 is 3.05 bits per heavy atom. The summed E-state index contributed by atoms with van der Waals surface area (Å²) in [6, 6.07) is 7.82. The number of likely N-dealkylation sites (tertiary alicyclic amines) is 1. The van der Waals surface area contributed by atoms with Crippen LogP contribution >= 0.6 is 0 Å². The first-order chi connectivity index (χ1) is 9.22. The molecule has 0 bridgehead atoms. The standard InChI is InChI=1S/C15H18N2O2/c1-10-14(12-6-2-3-7-13(12)16-10)15(19)17-8-4-5-11(17)9-18/h2-3,6-7,11,16,18H,4-5,8-9H2,1H3. The molecule has 0 aliphatic carbocycles. The monoisotopic (exact) mass is 258 g/mol. The van der Waals surface area contributed by atoms with Crippen LogP contribution in [0.3, 0.4) is 0 Å². The van der Waals surface area contributed by atoms with Gasteiger partial charge >= 0.3 is 0 Å². The smallest absolute Gasteiger partial charge is 0.256 e. The van der Waals surface area contributed by atoms with Crippen molar-refractivity contribution < 1.29 is 9.90 Å². The van der Waals surface area contributed by atoms with Gasteiger partial charge in [-0.3, -0.25) is 4.79 Å². The summed E-state index contributed by atoms with van der Waals surface area (Å²) < 4.78 is 0. The van der Waals surface area contributed by atoms with Crippen molar-refractivity contribution in [3.05, 3.63) is 35.5 Å². The maximum atomic E-state index is 12.7. The van der Waals surface area contributed by atoms with E-state index in [1.165, 1.54) is 0 Å². The second-order valence-corrected chi connectivity index (χ2v) is 5.15. The largest absolute Gasteiger partial charge is 0.394 e. The van der Waals surface area contributed by atoms with Crippen molar-refractivity contribution in [2.24, 2.45) is 0 Å². The van der Waals surface area contributed by atoms with Crippen LogP contribution in [0.5, 0.6) is 0 Å². The number of carbonyl (C=O) groups is 1. The molecule has 1 aliphatic heterocycles. The van der Waals surface area contributed by atoms with Gasteiger partial charge in [0, 0.05) is 23.1 Å². The molecular formula is C15H18N2O2. The highest BCUT2D eigenvalue weighted by atomic mass is 16.3. The number of benzene rings is 1. The maximum absolute atomic E-state index is 12.7. The lowest BCUT2D eigenvalue weighted by atomic mass is 10.1. The SMILES string of the molecule is Cc1[nH]c2ccccc2c1C(=O)N1CCCC1CO. The Morgan fingerprint density at radius 2 is 2.26 bits per heavy atom. The van der Waals surface area contributed by atoms with E-state index in [1.807, 2.05) is 36.1 Å². The molecule has 0 saturated carbocycles. The summed E-state index contributed by atoms with van der Waals surface area (Å²) in [5, 5.41) is 10.3. The fourth-order valence-electron chi connectivity index (χ4n) is 2.99. The minimum atomic E-state index is -0.0273. The molecule has 2 heterocycles. The summed E-state index contributed by atoms with van der Waals surface area (Å²) in [4.78, 5) is 17.8. The summed E-state index contributed by atoms with van der Waals surface area (Å²) in [6.07, 6.45) is 1.86. The number of aryl methyl sites for hydroxylation is 1. The minimum Gasteiger partial charge on any atom is -0.394 e. The van der Waals surface area contributed by atoms with Gasteiger partial charge in [-0.1, -0.05) is 18.2 Å². The number of H-pyrrole nitrogens is 1. The summed E-state index contributed by atoms with van der Waals surface area (Å²) >= 11 is 0. The van der Waals surface area contributed by atoms with Gasteiger partial charge in [0.05, 0.1) is 18.2 Å². The van der Waals surface area contributed by atoms with E-state index in [-0.39, 0.29) is 18.6 Å². The zero-order valence-corrected chi connectivity index (χ0v) is 11.0. The fourth-order valence-corrected chi connectivity index (χ4v) is 2.99. The Balaban J connectivity index is 2.04. The van der Waals surface area contributed by atoms with Crippen molar-refractivity contribution in [2.45, 2.75) is 25.8 Å². The Hall–Kier alpha value is -1.81. The molecule has 1 amide bonds. The number of aliphatic hydroxyl groups is 1. The van der Waals surface area contributed by atoms with Crippen LogP contribution in [-0.4, -0.2) is 40.1 Å². The molecule has 1 unspecified atom stereocenters. The molecule has 2 N–H and O–H groups in total. The summed E-state index contributed by atoms with van der Waals surface area (Å²) in [5.74, 6) is 0.0338. The van der Waals surface area contributed by atoms with E-state index in [2.05, 4.69) is 4.98 Å². The second kappa shape index (κ2) is 4.70. The van der Waals surface area contributed by atoms with E-state index >= 15 is 0 Å². The third kappa shape index (κ3) is 1.92. The lowest BCUT2D eigenvalue weighted by molar-refractivity contribution is 0.0679. The highest BCUT2D eigenvalue weighted by molar-refractivity contribution is 6.08. The number of fused-ring (bicyclic) bond motifs is 1. The zero-order valence-electron chi connectivity index (χ0n) is 11.0. The Labute approximate surface area is 112 Å². The Kier molecular flexibility index (Phi) is 3.03. The van der Waals surface area contributed by atoms with Gasteiger partial charge in [-0.15, -0.1) is 0 Å². The summed E-state index contributed by atoms with van der Waals surface area (Å²) in [5.41, 5.74) is 2.63. The first-order valence-electron chi connectivity index (χ1n) is 6.71. The molecule has 1 fully saturated rings. The van der Waals surface area contributed by atoms with Crippen molar-refractivity contribution in [1.82, 2.24) is 9.88 Å². The van der Waals surface area contributed by atoms with Crippen LogP contribution in [0.25, 0.3) is 10.9 Å². The summed E-state index contributed by atoms with van der Waals surface area (Å²) in [6.45, 7) is 2.72. The average Bonchev–Trinajstić information content (AvgIpc) is 3.00. The van der Waals surface area contributed by atoms with Crippen molar-refractivity contribution in [3.63, 3.8) is 0 Å². The topological polar surface area (TPSA) is 56.3 Å². The van der Waals surface area contributed by atoms with E-state index in [9.17, 15) is 9.90 Å². The van der Waals surface area contributed by atoms with Gasteiger partial charge in [0.1, 0.15) is 0 Å². The number of amides is 1. The molecule has 3 rings (SSSR count). The van der Waals surface area contributed by atoms with Gasteiger partial charge in [0.2, 0.25) is 0 Å². The van der Waals surface area contributed by atoms with Crippen molar-refractivity contribution in [3.8, 4) is 0 Å².